The Morgan fingerprint density at radius 3 is 1.43 bits per heavy atom. The fourth-order valence-corrected chi connectivity index (χ4v) is 8.14. The van der Waals surface area contributed by atoms with Crippen LogP contribution in [0.15, 0.2) is 194 Å². The maximum atomic E-state index is 15.0. The van der Waals surface area contributed by atoms with Crippen LogP contribution < -0.4 is 4.90 Å². The Bertz CT molecular complexity index is 3010. The molecule has 0 radical (unpaired) electrons. The molecule has 0 saturated heterocycles. The highest BCUT2D eigenvalue weighted by Crippen LogP contribution is 2.42. The van der Waals surface area contributed by atoms with Crippen LogP contribution in [0.5, 0.6) is 0 Å². The third kappa shape index (κ3) is 5.66. The molecule has 274 valence electrons. The topological polar surface area (TPSA) is 76.5 Å². The van der Waals surface area contributed by atoms with Gasteiger partial charge in [-0.05, 0) is 53.1 Å². The average molecular weight is 749 g/mol. The van der Waals surface area contributed by atoms with Crippen LogP contribution in [0.2, 0.25) is 0 Å². The van der Waals surface area contributed by atoms with Gasteiger partial charge in [-0.15, -0.1) is 0 Å². The van der Waals surface area contributed by atoms with E-state index in [2.05, 4.69) is 0 Å². The number of amides is 2. The van der Waals surface area contributed by atoms with E-state index in [-0.39, 0.29) is 22.7 Å². The van der Waals surface area contributed by atoms with Gasteiger partial charge in [-0.3, -0.25) is 19.2 Å². The van der Waals surface area contributed by atoms with E-state index in [0.717, 1.165) is 33.0 Å². The second-order valence-corrected chi connectivity index (χ2v) is 14.3. The molecule has 0 unspecified atom stereocenters. The molecular formula is C52H32N2O4. The highest BCUT2D eigenvalue weighted by molar-refractivity contribution is 6.36. The van der Waals surface area contributed by atoms with Crippen LogP contribution in [0.3, 0.4) is 0 Å². The van der Waals surface area contributed by atoms with Gasteiger partial charge in [0.15, 0.2) is 11.6 Å². The van der Waals surface area contributed by atoms with Gasteiger partial charge in [-0.25, -0.2) is 4.90 Å². The van der Waals surface area contributed by atoms with Crippen LogP contribution in [0.25, 0.3) is 49.7 Å². The van der Waals surface area contributed by atoms with Crippen LogP contribution in [0.4, 0.5) is 5.69 Å². The first kappa shape index (κ1) is 34.5. The molecule has 0 N–H and O–H groups in total. The first-order valence-corrected chi connectivity index (χ1v) is 19.0. The Morgan fingerprint density at radius 1 is 0.362 bits per heavy atom. The average Bonchev–Trinajstić information content (AvgIpc) is 3.75. The predicted octanol–water partition coefficient (Wildman–Crippen LogP) is 11.4. The molecular weight excluding hydrogens is 717 g/mol. The highest BCUT2D eigenvalue weighted by Gasteiger charge is 2.40. The van der Waals surface area contributed by atoms with Gasteiger partial charge in [0, 0.05) is 38.6 Å². The number of benzene rings is 8. The van der Waals surface area contributed by atoms with Crippen LogP contribution in [0.1, 0.15) is 52.6 Å². The summed E-state index contributed by atoms with van der Waals surface area (Å²) >= 11 is 0. The molecule has 0 bridgehead atoms. The van der Waals surface area contributed by atoms with E-state index in [1.807, 2.05) is 150 Å². The summed E-state index contributed by atoms with van der Waals surface area (Å²) in [5, 5.41) is 1.65. The van der Waals surface area contributed by atoms with Gasteiger partial charge in [0.05, 0.1) is 33.5 Å². The van der Waals surface area contributed by atoms with E-state index in [1.165, 1.54) is 4.90 Å². The lowest BCUT2D eigenvalue weighted by atomic mass is 9.97. The Labute approximate surface area is 333 Å². The van der Waals surface area contributed by atoms with Gasteiger partial charge < -0.3 is 4.57 Å². The van der Waals surface area contributed by atoms with Crippen molar-refractivity contribution in [2.24, 2.45) is 0 Å². The molecule has 1 aliphatic heterocycles. The zero-order chi connectivity index (χ0) is 39.3. The molecule has 0 aliphatic carbocycles. The van der Waals surface area contributed by atoms with Crippen molar-refractivity contribution in [1.29, 1.82) is 0 Å². The third-order valence-corrected chi connectivity index (χ3v) is 10.9. The summed E-state index contributed by atoms with van der Waals surface area (Å²) in [6.07, 6.45) is 0. The molecule has 6 heteroatoms. The van der Waals surface area contributed by atoms with Crippen molar-refractivity contribution in [1.82, 2.24) is 4.57 Å². The summed E-state index contributed by atoms with van der Waals surface area (Å²) in [6, 6.07) is 60.1. The molecule has 8 aromatic carbocycles. The van der Waals surface area contributed by atoms with E-state index >= 15 is 4.79 Å². The van der Waals surface area contributed by atoms with E-state index in [0.29, 0.717) is 44.7 Å². The van der Waals surface area contributed by atoms with Crippen molar-refractivity contribution in [2.75, 3.05) is 4.90 Å². The summed E-state index contributed by atoms with van der Waals surface area (Å²) < 4.78 is 1.92. The maximum absolute atomic E-state index is 15.0. The Balaban J connectivity index is 1.18. The smallest absolute Gasteiger partial charge is 0.268 e. The monoisotopic (exact) mass is 748 g/mol. The van der Waals surface area contributed by atoms with Gasteiger partial charge in [0.2, 0.25) is 0 Å². The number of hydrogen-bond donors (Lipinski definition) is 0. The molecule has 0 spiro atoms. The number of anilines is 1. The van der Waals surface area contributed by atoms with E-state index in [4.69, 9.17) is 0 Å². The standard InChI is InChI=1S/C52H32N2O4/c55-49(35-18-9-3-10-19-35)38-24-27-40-41-28-25-39(50(56)36-20-11-4-12-21-36)32-47(41)53(46(40)31-38)45-23-13-22-42-48(45)52(58)54(51(42)57)44-29-26-37(33-14-5-1-6-15-33)30-43(44)34-16-7-2-8-17-34/h1-32H. The first-order chi connectivity index (χ1) is 28.5. The molecule has 0 fully saturated rings. The zero-order valence-corrected chi connectivity index (χ0v) is 31.0. The van der Waals surface area contributed by atoms with Gasteiger partial charge in [0.1, 0.15) is 0 Å². The molecule has 1 aromatic heterocycles. The molecule has 9 aromatic rings. The van der Waals surface area contributed by atoms with Gasteiger partial charge in [-0.1, -0.05) is 158 Å². The summed E-state index contributed by atoms with van der Waals surface area (Å²) in [5.41, 5.74) is 8.33. The molecule has 1 aliphatic rings. The summed E-state index contributed by atoms with van der Waals surface area (Å²) in [5.74, 6) is -1.21. The Kier molecular flexibility index (Phi) is 8.31. The van der Waals surface area contributed by atoms with Gasteiger partial charge >= 0.3 is 0 Å². The summed E-state index contributed by atoms with van der Waals surface area (Å²) in [4.78, 5) is 58.6. The number of aromatic nitrogens is 1. The fourth-order valence-electron chi connectivity index (χ4n) is 8.14. The molecule has 0 saturated carbocycles. The first-order valence-electron chi connectivity index (χ1n) is 19.0. The van der Waals surface area contributed by atoms with Crippen LogP contribution >= 0.6 is 0 Å². The number of rotatable bonds is 8. The van der Waals surface area contributed by atoms with Crippen molar-refractivity contribution in [3.05, 3.63) is 228 Å². The largest absolute Gasteiger partial charge is 0.308 e. The quantitative estimate of drug-likeness (QED) is 0.115. The summed E-state index contributed by atoms with van der Waals surface area (Å²) in [7, 11) is 0. The second kappa shape index (κ2) is 14.0. The number of nitrogens with zero attached hydrogens (tertiary/aromatic N) is 2. The molecule has 10 rings (SSSR count). The Morgan fingerprint density at radius 2 is 0.879 bits per heavy atom. The maximum Gasteiger partial charge on any atom is 0.268 e. The summed E-state index contributed by atoms with van der Waals surface area (Å²) in [6.45, 7) is 0. The number of carbonyl (C=O) groups excluding carboxylic acids is 4. The SMILES string of the molecule is O=C(c1ccccc1)c1ccc2c3ccc(C(=O)c4ccccc4)cc3n(-c3cccc4c3C(=O)N(c3ccc(-c5ccccc5)cc3-c3ccccc3)C4=O)c2c1. The minimum Gasteiger partial charge on any atom is -0.308 e. The number of ketones is 2. The normalized spacial score (nSPS) is 12.3. The number of carbonyl (C=O) groups is 4. The van der Waals surface area contributed by atoms with Crippen molar-refractivity contribution < 1.29 is 19.2 Å². The van der Waals surface area contributed by atoms with Crippen molar-refractivity contribution in [3.63, 3.8) is 0 Å². The van der Waals surface area contributed by atoms with Crippen molar-refractivity contribution in [3.8, 4) is 27.9 Å². The molecule has 2 amide bonds. The second-order valence-electron chi connectivity index (χ2n) is 14.3. The number of hydrogen-bond acceptors (Lipinski definition) is 4. The van der Waals surface area contributed by atoms with Gasteiger partial charge in [0.25, 0.3) is 11.8 Å². The molecule has 58 heavy (non-hydrogen) atoms. The Hall–Kier alpha value is -7.96. The van der Waals surface area contributed by atoms with E-state index in [9.17, 15) is 14.4 Å². The van der Waals surface area contributed by atoms with Crippen molar-refractivity contribution >= 4 is 50.9 Å². The molecule has 6 nitrogen and oxygen atoms in total. The van der Waals surface area contributed by atoms with E-state index < -0.39 is 11.8 Å². The minimum absolute atomic E-state index is 0.151. The zero-order valence-electron chi connectivity index (χ0n) is 31.0. The molecule has 0 atom stereocenters. The lowest BCUT2D eigenvalue weighted by Gasteiger charge is -2.20. The van der Waals surface area contributed by atoms with E-state index in [1.54, 1.807) is 48.5 Å². The molecule has 2 heterocycles. The van der Waals surface area contributed by atoms with Crippen LogP contribution in [-0.4, -0.2) is 27.9 Å². The van der Waals surface area contributed by atoms with Crippen molar-refractivity contribution in [2.45, 2.75) is 0 Å². The number of imide groups is 1. The van der Waals surface area contributed by atoms with Crippen LogP contribution in [-0.2, 0) is 0 Å². The number of fused-ring (bicyclic) bond motifs is 4. The fraction of sp³-hybridized carbons (Fsp3) is 0. The third-order valence-electron chi connectivity index (χ3n) is 10.9. The minimum atomic E-state index is -0.469. The predicted molar refractivity (Wildman–Crippen MR) is 229 cm³/mol. The lowest BCUT2D eigenvalue weighted by molar-refractivity contribution is 0.0924. The highest BCUT2D eigenvalue weighted by atomic mass is 16.2. The van der Waals surface area contributed by atoms with Crippen LogP contribution in [0, 0.1) is 0 Å². The lowest BCUT2D eigenvalue weighted by Crippen LogP contribution is -2.30. The van der Waals surface area contributed by atoms with Gasteiger partial charge in [-0.2, -0.15) is 0 Å².